The van der Waals surface area contributed by atoms with Crippen LogP contribution in [0.25, 0.3) is 11.0 Å². The van der Waals surface area contributed by atoms with Gasteiger partial charge in [-0.25, -0.2) is 4.39 Å². The second kappa shape index (κ2) is 4.94. The van der Waals surface area contributed by atoms with Crippen LogP contribution in [0, 0.1) is 5.82 Å². The summed E-state index contributed by atoms with van der Waals surface area (Å²) in [5.41, 5.74) is 1.40. The molecule has 0 amide bonds. The Morgan fingerprint density at radius 3 is 2.79 bits per heavy atom. The van der Waals surface area contributed by atoms with Gasteiger partial charge in [-0.1, -0.05) is 29.8 Å². The molecule has 0 aliphatic carbocycles. The van der Waals surface area contributed by atoms with Gasteiger partial charge < -0.3 is 9.73 Å². The lowest BCUT2D eigenvalue weighted by atomic mass is 10.2. The van der Waals surface area contributed by atoms with Gasteiger partial charge in [0.15, 0.2) is 0 Å². The van der Waals surface area contributed by atoms with Crippen LogP contribution in [0.1, 0.15) is 5.76 Å². The normalized spacial score (nSPS) is 10.8. The highest BCUT2D eigenvalue weighted by Gasteiger charge is 2.05. The summed E-state index contributed by atoms with van der Waals surface area (Å²) >= 11 is 5.98. The summed E-state index contributed by atoms with van der Waals surface area (Å²) < 4.78 is 18.8. The van der Waals surface area contributed by atoms with Crippen molar-refractivity contribution in [2.24, 2.45) is 0 Å². The van der Waals surface area contributed by atoms with E-state index in [9.17, 15) is 4.39 Å². The van der Waals surface area contributed by atoms with Crippen molar-refractivity contribution in [3.8, 4) is 0 Å². The summed E-state index contributed by atoms with van der Waals surface area (Å²) in [4.78, 5) is 0. The molecule has 19 heavy (non-hydrogen) atoms. The van der Waals surface area contributed by atoms with Crippen LogP contribution in [0.15, 0.2) is 52.9 Å². The van der Waals surface area contributed by atoms with Gasteiger partial charge in [-0.05, 0) is 30.3 Å². The zero-order valence-corrected chi connectivity index (χ0v) is 10.7. The SMILES string of the molecule is Fc1ccc(Cl)c(NCc2cc3ccccc3o2)c1. The van der Waals surface area contributed by atoms with E-state index in [1.54, 1.807) is 0 Å². The second-order valence-corrected chi connectivity index (χ2v) is 4.64. The molecule has 0 saturated heterocycles. The highest BCUT2D eigenvalue weighted by Crippen LogP contribution is 2.24. The van der Waals surface area contributed by atoms with Crippen LogP contribution in [0.2, 0.25) is 5.02 Å². The Morgan fingerprint density at radius 1 is 1.11 bits per heavy atom. The van der Waals surface area contributed by atoms with Gasteiger partial charge in [0.1, 0.15) is 17.2 Å². The van der Waals surface area contributed by atoms with Crippen molar-refractivity contribution in [1.29, 1.82) is 0 Å². The fraction of sp³-hybridized carbons (Fsp3) is 0.0667. The predicted molar refractivity (Wildman–Crippen MR) is 75.0 cm³/mol. The minimum atomic E-state index is -0.323. The molecule has 3 rings (SSSR count). The quantitative estimate of drug-likeness (QED) is 0.740. The second-order valence-electron chi connectivity index (χ2n) is 4.23. The molecular formula is C15H11ClFNO. The lowest BCUT2D eigenvalue weighted by molar-refractivity contribution is 0.559. The molecule has 1 aromatic heterocycles. The van der Waals surface area contributed by atoms with Gasteiger partial charge in [-0.3, -0.25) is 0 Å². The van der Waals surface area contributed by atoms with Crippen molar-refractivity contribution in [2.45, 2.75) is 6.54 Å². The summed E-state index contributed by atoms with van der Waals surface area (Å²) in [6.45, 7) is 0.456. The number of benzene rings is 2. The fourth-order valence-corrected chi connectivity index (χ4v) is 2.12. The highest BCUT2D eigenvalue weighted by atomic mass is 35.5. The number of anilines is 1. The smallest absolute Gasteiger partial charge is 0.134 e. The molecule has 0 atom stereocenters. The standard InChI is InChI=1S/C15H11ClFNO/c16-13-6-5-11(17)8-14(13)18-9-12-7-10-3-1-2-4-15(10)19-12/h1-8,18H,9H2. The lowest BCUT2D eigenvalue weighted by Crippen LogP contribution is -1.99. The van der Waals surface area contributed by atoms with Crippen molar-refractivity contribution < 1.29 is 8.81 Å². The van der Waals surface area contributed by atoms with Gasteiger partial charge in [-0.15, -0.1) is 0 Å². The monoisotopic (exact) mass is 275 g/mol. The third-order valence-corrected chi connectivity index (χ3v) is 3.19. The summed E-state index contributed by atoms with van der Waals surface area (Å²) in [5, 5.41) is 4.60. The van der Waals surface area contributed by atoms with Gasteiger partial charge in [0.05, 0.1) is 17.3 Å². The third-order valence-electron chi connectivity index (χ3n) is 2.86. The van der Waals surface area contributed by atoms with Crippen molar-refractivity contribution in [1.82, 2.24) is 0 Å². The molecular weight excluding hydrogens is 265 g/mol. The topological polar surface area (TPSA) is 25.2 Å². The average Bonchev–Trinajstić information content (AvgIpc) is 2.82. The Hall–Kier alpha value is -2.00. The molecule has 0 aliphatic rings. The Kier molecular flexibility index (Phi) is 3.13. The first kappa shape index (κ1) is 12.1. The zero-order chi connectivity index (χ0) is 13.2. The molecule has 0 bridgehead atoms. The van der Waals surface area contributed by atoms with E-state index >= 15 is 0 Å². The summed E-state index contributed by atoms with van der Waals surface area (Å²) in [7, 11) is 0. The van der Waals surface area contributed by atoms with Crippen molar-refractivity contribution in [2.75, 3.05) is 5.32 Å². The molecule has 3 aromatic rings. The summed E-state index contributed by atoms with van der Waals surface area (Å²) in [5.74, 6) is 0.457. The first-order valence-corrected chi connectivity index (χ1v) is 6.26. The third kappa shape index (κ3) is 2.56. The number of rotatable bonds is 3. The minimum Gasteiger partial charge on any atom is -0.459 e. The van der Waals surface area contributed by atoms with Crippen LogP contribution in [-0.2, 0) is 6.54 Å². The number of nitrogens with one attached hydrogen (secondary N) is 1. The zero-order valence-electron chi connectivity index (χ0n) is 9.99. The molecule has 0 spiro atoms. The maximum absolute atomic E-state index is 13.1. The fourth-order valence-electron chi connectivity index (χ4n) is 1.94. The Bertz CT molecular complexity index is 690. The summed E-state index contributed by atoms with van der Waals surface area (Å²) in [6.07, 6.45) is 0. The minimum absolute atomic E-state index is 0.323. The first-order valence-electron chi connectivity index (χ1n) is 5.89. The van der Waals surface area contributed by atoms with E-state index in [0.29, 0.717) is 17.3 Å². The van der Waals surface area contributed by atoms with Crippen LogP contribution in [0.3, 0.4) is 0 Å². The van der Waals surface area contributed by atoms with Gasteiger partial charge in [0, 0.05) is 5.39 Å². The molecule has 1 heterocycles. The van der Waals surface area contributed by atoms with E-state index < -0.39 is 0 Å². The van der Waals surface area contributed by atoms with Crippen molar-refractivity contribution in [3.05, 3.63) is 65.1 Å². The molecule has 0 aliphatic heterocycles. The lowest BCUT2D eigenvalue weighted by Gasteiger charge is -2.06. The van der Waals surface area contributed by atoms with E-state index in [4.69, 9.17) is 16.0 Å². The van der Waals surface area contributed by atoms with E-state index in [-0.39, 0.29) is 5.82 Å². The molecule has 0 saturated carbocycles. The predicted octanol–water partition coefficient (Wildman–Crippen LogP) is 4.84. The molecule has 0 unspecified atom stereocenters. The average molecular weight is 276 g/mol. The van der Waals surface area contributed by atoms with Crippen LogP contribution in [-0.4, -0.2) is 0 Å². The number of fused-ring (bicyclic) bond motifs is 1. The number of halogens is 2. The molecule has 2 aromatic carbocycles. The van der Waals surface area contributed by atoms with Crippen LogP contribution in [0.5, 0.6) is 0 Å². The van der Waals surface area contributed by atoms with E-state index in [0.717, 1.165) is 16.7 Å². The maximum atomic E-state index is 13.1. The van der Waals surface area contributed by atoms with Crippen LogP contribution < -0.4 is 5.32 Å². The number of furan rings is 1. The number of hydrogen-bond acceptors (Lipinski definition) is 2. The Morgan fingerprint density at radius 2 is 1.95 bits per heavy atom. The van der Waals surface area contributed by atoms with E-state index in [1.807, 2.05) is 30.3 Å². The molecule has 4 heteroatoms. The molecule has 0 fully saturated rings. The van der Waals surface area contributed by atoms with Crippen LogP contribution >= 0.6 is 11.6 Å². The van der Waals surface area contributed by atoms with Gasteiger partial charge in [0.25, 0.3) is 0 Å². The Labute approximate surface area is 114 Å². The van der Waals surface area contributed by atoms with E-state index in [2.05, 4.69) is 5.32 Å². The Balaban J connectivity index is 1.80. The molecule has 96 valence electrons. The number of hydrogen-bond donors (Lipinski definition) is 1. The van der Waals surface area contributed by atoms with Gasteiger partial charge >= 0.3 is 0 Å². The summed E-state index contributed by atoms with van der Waals surface area (Å²) in [6, 6.07) is 13.9. The van der Waals surface area contributed by atoms with Gasteiger partial charge in [-0.2, -0.15) is 0 Å². The highest BCUT2D eigenvalue weighted by molar-refractivity contribution is 6.33. The number of para-hydroxylation sites is 1. The molecule has 1 N–H and O–H groups in total. The molecule has 0 radical (unpaired) electrons. The molecule has 2 nitrogen and oxygen atoms in total. The van der Waals surface area contributed by atoms with Crippen molar-refractivity contribution in [3.63, 3.8) is 0 Å². The van der Waals surface area contributed by atoms with E-state index in [1.165, 1.54) is 18.2 Å². The largest absolute Gasteiger partial charge is 0.459 e. The van der Waals surface area contributed by atoms with Crippen LogP contribution in [0.4, 0.5) is 10.1 Å². The maximum Gasteiger partial charge on any atom is 0.134 e. The van der Waals surface area contributed by atoms with Crippen molar-refractivity contribution >= 4 is 28.3 Å². The van der Waals surface area contributed by atoms with Gasteiger partial charge in [0.2, 0.25) is 0 Å². The first-order chi connectivity index (χ1) is 9.22.